The first-order valence-corrected chi connectivity index (χ1v) is 11.5. The van der Waals surface area contributed by atoms with Crippen LogP contribution in [0.5, 0.6) is 0 Å². The number of carbonyl (C=O) groups is 2. The lowest BCUT2D eigenvalue weighted by atomic mass is 9.97. The fourth-order valence-electron chi connectivity index (χ4n) is 4.45. The van der Waals surface area contributed by atoms with Crippen molar-refractivity contribution in [3.05, 3.63) is 70.3 Å². The topological polar surface area (TPSA) is 111 Å². The molecule has 4 aromatic rings. The van der Waals surface area contributed by atoms with E-state index in [1.165, 1.54) is 4.57 Å². The summed E-state index contributed by atoms with van der Waals surface area (Å²) in [7, 11) is 1.64. The van der Waals surface area contributed by atoms with Gasteiger partial charge in [-0.25, -0.2) is 4.79 Å². The van der Waals surface area contributed by atoms with Crippen molar-refractivity contribution < 1.29 is 14.3 Å². The molecule has 180 valence electrons. The number of para-hydroxylation sites is 1. The van der Waals surface area contributed by atoms with Gasteiger partial charge in [0.25, 0.3) is 5.56 Å². The van der Waals surface area contributed by atoms with Gasteiger partial charge in [-0.3, -0.25) is 18.6 Å². The molecule has 0 aliphatic carbocycles. The van der Waals surface area contributed by atoms with Gasteiger partial charge in [0.15, 0.2) is 12.4 Å². The van der Waals surface area contributed by atoms with Gasteiger partial charge in [-0.05, 0) is 44.0 Å². The Labute approximate surface area is 201 Å². The summed E-state index contributed by atoms with van der Waals surface area (Å²) < 4.78 is 8.79. The number of likely N-dealkylation sites (tertiary alicyclic amines) is 1. The van der Waals surface area contributed by atoms with Gasteiger partial charge in [-0.2, -0.15) is 0 Å². The minimum Gasteiger partial charge on any atom is -0.457 e. The number of nitrogens with zero attached hydrogens (tertiary/aromatic N) is 5. The lowest BCUT2D eigenvalue weighted by Gasteiger charge is -2.30. The number of fused-ring (bicyclic) bond motifs is 3. The van der Waals surface area contributed by atoms with E-state index in [2.05, 4.69) is 15.5 Å². The molecule has 0 bridgehead atoms. The molecule has 3 heterocycles. The summed E-state index contributed by atoms with van der Waals surface area (Å²) in [5, 5.41) is 11.7. The average molecular weight is 475 g/mol. The number of hydrogen-bond acceptors (Lipinski definition) is 6. The van der Waals surface area contributed by atoms with Crippen LogP contribution in [0.2, 0.25) is 0 Å². The van der Waals surface area contributed by atoms with Crippen LogP contribution < -0.4 is 10.9 Å². The van der Waals surface area contributed by atoms with Crippen molar-refractivity contribution in [3.8, 4) is 0 Å². The van der Waals surface area contributed by atoms with E-state index in [1.54, 1.807) is 16.3 Å². The Hall–Kier alpha value is -4.21. The monoisotopic (exact) mass is 474 g/mol. The summed E-state index contributed by atoms with van der Waals surface area (Å²) in [5.41, 5.74) is 2.22. The third-order valence-corrected chi connectivity index (χ3v) is 6.43. The molecule has 0 radical (unpaired) electrons. The summed E-state index contributed by atoms with van der Waals surface area (Å²) in [6.07, 6.45) is 1.05. The van der Waals surface area contributed by atoms with Gasteiger partial charge in [0.1, 0.15) is 0 Å². The van der Waals surface area contributed by atoms with Gasteiger partial charge in [0.2, 0.25) is 5.78 Å². The summed E-state index contributed by atoms with van der Waals surface area (Å²) in [5.74, 6) is 0.209. The number of urea groups is 1. The van der Waals surface area contributed by atoms with E-state index >= 15 is 0 Å². The minimum atomic E-state index is -0.324. The Morgan fingerprint density at radius 1 is 1.09 bits per heavy atom. The maximum atomic E-state index is 12.8. The van der Waals surface area contributed by atoms with Crippen molar-refractivity contribution in [2.24, 2.45) is 13.0 Å². The maximum absolute atomic E-state index is 12.8. The second-order valence-corrected chi connectivity index (χ2v) is 8.80. The summed E-state index contributed by atoms with van der Waals surface area (Å²) in [6, 6.07) is 14.7. The van der Waals surface area contributed by atoms with E-state index in [1.807, 2.05) is 55.5 Å². The zero-order valence-electron chi connectivity index (χ0n) is 19.6. The van der Waals surface area contributed by atoms with E-state index in [0.29, 0.717) is 48.4 Å². The van der Waals surface area contributed by atoms with Crippen LogP contribution >= 0.6 is 0 Å². The molecule has 2 aromatic heterocycles. The number of carbonyl (C=O) groups excluding carboxylic acids is 2. The molecule has 2 amide bonds. The van der Waals surface area contributed by atoms with Crippen LogP contribution in [0.3, 0.4) is 0 Å². The van der Waals surface area contributed by atoms with Gasteiger partial charge < -0.3 is 15.0 Å². The highest BCUT2D eigenvalue weighted by Gasteiger charge is 2.29. The molecule has 10 nitrogen and oxygen atoms in total. The number of anilines is 1. The maximum Gasteiger partial charge on any atom is 0.321 e. The number of amides is 2. The highest BCUT2D eigenvalue weighted by atomic mass is 16.5. The van der Waals surface area contributed by atoms with Crippen LogP contribution in [0.4, 0.5) is 10.5 Å². The van der Waals surface area contributed by atoms with Gasteiger partial charge >= 0.3 is 12.0 Å². The molecule has 1 N–H and O–H groups in total. The van der Waals surface area contributed by atoms with Crippen LogP contribution in [0.1, 0.15) is 24.2 Å². The Morgan fingerprint density at radius 2 is 1.83 bits per heavy atom. The number of aromatic nitrogens is 4. The lowest BCUT2D eigenvalue weighted by Crippen LogP contribution is -2.42. The number of piperidine rings is 1. The Morgan fingerprint density at radius 3 is 2.57 bits per heavy atom. The number of aryl methyl sites for hydroxylation is 2. The molecule has 35 heavy (non-hydrogen) atoms. The molecule has 1 fully saturated rings. The molecular formula is C25H26N6O4. The summed E-state index contributed by atoms with van der Waals surface area (Å²) in [4.78, 5) is 39.7. The van der Waals surface area contributed by atoms with E-state index in [-0.39, 0.29) is 30.1 Å². The molecule has 1 saturated heterocycles. The largest absolute Gasteiger partial charge is 0.457 e. The summed E-state index contributed by atoms with van der Waals surface area (Å²) in [6.45, 7) is 2.81. The van der Waals surface area contributed by atoms with Gasteiger partial charge in [0.05, 0.1) is 16.8 Å². The van der Waals surface area contributed by atoms with Crippen molar-refractivity contribution in [1.29, 1.82) is 0 Å². The smallest absolute Gasteiger partial charge is 0.321 e. The fourth-order valence-corrected chi connectivity index (χ4v) is 4.45. The summed E-state index contributed by atoms with van der Waals surface area (Å²) >= 11 is 0. The van der Waals surface area contributed by atoms with E-state index in [0.717, 1.165) is 11.3 Å². The second-order valence-electron chi connectivity index (χ2n) is 8.80. The molecule has 1 aliphatic heterocycles. The van der Waals surface area contributed by atoms with Crippen LogP contribution in [0, 0.1) is 12.8 Å². The lowest BCUT2D eigenvalue weighted by molar-refractivity contribution is -0.151. The van der Waals surface area contributed by atoms with Crippen LogP contribution in [-0.2, 0) is 23.2 Å². The van der Waals surface area contributed by atoms with Crippen molar-refractivity contribution in [2.45, 2.75) is 26.4 Å². The van der Waals surface area contributed by atoms with E-state index < -0.39 is 0 Å². The highest BCUT2D eigenvalue weighted by Crippen LogP contribution is 2.21. The van der Waals surface area contributed by atoms with Crippen molar-refractivity contribution in [2.75, 3.05) is 18.4 Å². The van der Waals surface area contributed by atoms with Gasteiger partial charge in [-0.1, -0.05) is 29.8 Å². The first-order valence-electron chi connectivity index (χ1n) is 11.5. The predicted octanol–water partition coefficient (Wildman–Crippen LogP) is 2.88. The van der Waals surface area contributed by atoms with Crippen molar-refractivity contribution in [1.82, 2.24) is 24.1 Å². The van der Waals surface area contributed by atoms with Crippen molar-refractivity contribution >= 4 is 34.4 Å². The Kier molecular flexibility index (Phi) is 5.94. The molecule has 0 spiro atoms. The average Bonchev–Trinajstić information content (AvgIpc) is 3.30. The molecule has 2 aromatic carbocycles. The molecule has 10 heteroatoms. The SMILES string of the molecule is Cc1ccc2c(c1)c(=O)n(C)c1nnc(COC(=O)C3CCN(C(=O)Nc4ccccc4)CC3)n21. The molecule has 0 saturated carbocycles. The first-order chi connectivity index (χ1) is 16.9. The molecule has 1 aliphatic rings. The molecular weight excluding hydrogens is 448 g/mol. The highest BCUT2D eigenvalue weighted by molar-refractivity contribution is 5.89. The quantitative estimate of drug-likeness (QED) is 0.456. The predicted molar refractivity (Wildman–Crippen MR) is 130 cm³/mol. The number of hydrogen-bond donors (Lipinski definition) is 1. The van der Waals surface area contributed by atoms with Crippen LogP contribution in [0.15, 0.2) is 53.3 Å². The van der Waals surface area contributed by atoms with Crippen molar-refractivity contribution in [3.63, 3.8) is 0 Å². The third kappa shape index (κ3) is 4.34. The zero-order valence-corrected chi connectivity index (χ0v) is 19.6. The minimum absolute atomic E-state index is 0.0596. The first kappa shape index (κ1) is 22.6. The zero-order chi connectivity index (χ0) is 24.5. The standard InChI is InChI=1S/C25H26N6O4/c1-16-8-9-20-19(14-16)22(32)29(2)24-28-27-21(31(20)24)15-35-23(33)17-10-12-30(13-11-17)25(34)26-18-6-4-3-5-7-18/h3-9,14,17H,10-13,15H2,1-2H3,(H,26,34). The van der Waals surface area contributed by atoms with Crippen LogP contribution in [-0.4, -0.2) is 49.2 Å². The molecule has 5 rings (SSSR count). The Balaban J connectivity index is 1.24. The number of rotatable bonds is 4. The van der Waals surface area contributed by atoms with E-state index in [9.17, 15) is 14.4 Å². The number of benzene rings is 2. The Bertz CT molecular complexity index is 1470. The second kappa shape index (κ2) is 9.21. The van der Waals surface area contributed by atoms with Crippen LogP contribution in [0.25, 0.3) is 16.7 Å². The normalized spacial score (nSPS) is 14.4. The fraction of sp³-hybridized carbons (Fsp3) is 0.320. The number of ether oxygens (including phenoxy) is 1. The van der Waals surface area contributed by atoms with E-state index in [4.69, 9.17) is 4.74 Å². The van der Waals surface area contributed by atoms with Gasteiger partial charge in [0, 0.05) is 25.8 Å². The molecule has 0 atom stereocenters. The number of esters is 1. The number of nitrogens with one attached hydrogen (secondary N) is 1. The molecule has 0 unspecified atom stereocenters. The van der Waals surface area contributed by atoms with Gasteiger partial charge in [-0.15, -0.1) is 10.2 Å². The third-order valence-electron chi connectivity index (χ3n) is 6.43.